The first kappa shape index (κ1) is 34.0. The van der Waals surface area contributed by atoms with Crippen LogP contribution in [0.3, 0.4) is 0 Å². The number of primary amides is 1. The SMILES string of the molecule is CC(C)C(NS(=O)(=O)N1CCN(c2ccc(C#Cc3ccc(OCC(=O)NCc4ccccc4)c(C(N)=O)c3)cc2)CC1)C(=O)O. The predicted octanol–water partition coefficient (Wildman–Crippen LogP) is 1.95. The fourth-order valence-electron chi connectivity index (χ4n) is 4.71. The average Bonchev–Trinajstić information content (AvgIpc) is 3.05. The molecule has 1 unspecified atom stereocenters. The number of benzene rings is 3. The lowest BCUT2D eigenvalue weighted by atomic mass is 10.1. The first-order valence-corrected chi connectivity index (χ1v) is 16.1. The summed E-state index contributed by atoms with van der Waals surface area (Å²) >= 11 is 0. The molecule has 1 fully saturated rings. The van der Waals surface area contributed by atoms with Crippen LogP contribution in [-0.2, 0) is 26.3 Å². The molecule has 12 nitrogen and oxygen atoms in total. The van der Waals surface area contributed by atoms with Gasteiger partial charge in [0, 0.05) is 49.5 Å². The number of amides is 2. The standard InChI is InChI=1S/C33H37N5O7S/c1-23(2)31(33(41)42)36-46(43,44)38-18-16-37(17-19-38)27-13-10-24(11-14-27)8-9-25-12-15-29(28(20-25)32(34)40)45-22-30(39)35-21-26-6-4-3-5-7-26/h3-7,10-15,20,23,31,36H,16-19,21-22H2,1-2H3,(H2,34,40)(H,35,39)(H,41,42). The molecule has 1 saturated heterocycles. The van der Waals surface area contributed by atoms with Crippen molar-refractivity contribution in [2.45, 2.75) is 26.4 Å². The average molecular weight is 648 g/mol. The van der Waals surface area contributed by atoms with E-state index in [4.69, 9.17) is 10.5 Å². The normalized spacial score (nSPS) is 14.2. The zero-order valence-corrected chi connectivity index (χ0v) is 26.4. The van der Waals surface area contributed by atoms with Gasteiger partial charge in [0.25, 0.3) is 22.0 Å². The number of nitrogens with one attached hydrogen (secondary N) is 2. The lowest BCUT2D eigenvalue weighted by Gasteiger charge is -2.36. The topological polar surface area (TPSA) is 171 Å². The summed E-state index contributed by atoms with van der Waals surface area (Å²) in [5.74, 6) is 3.58. The highest BCUT2D eigenvalue weighted by Crippen LogP contribution is 2.21. The molecule has 1 aliphatic heterocycles. The minimum atomic E-state index is -3.95. The lowest BCUT2D eigenvalue weighted by Crippen LogP contribution is -2.55. The predicted molar refractivity (Wildman–Crippen MR) is 173 cm³/mol. The van der Waals surface area contributed by atoms with Gasteiger partial charge in [-0.2, -0.15) is 17.4 Å². The number of nitrogens with zero attached hydrogens (tertiary/aromatic N) is 2. The molecule has 0 saturated carbocycles. The van der Waals surface area contributed by atoms with E-state index in [1.165, 1.54) is 10.4 Å². The number of nitrogens with two attached hydrogens (primary N) is 1. The van der Waals surface area contributed by atoms with Gasteiger partial charge < -0.3 is 25.8 Å². The van der Waals surface area contributed by atoms with Crippen molar-refractivity contribution in [1.29, 1.82) is 0 Å². The van der Waals surface area contributed by atoms with E-state index in [0.717, 1.165) is 16.8 Å². The maximum Gasteiger partial charge on any atom is 0.322 e. The first-order valence-electron chi connectivity index (χ1n) is 14.7. The number of hydrogen-bond donors (Lipinski definition) is 4. The Hall–Kier alpha value is -4.90. The Bertz CT molecular complexity index is 1710. The lowest BCUT2D eigenvalue weighted by molar-refractivity contribution is -0.140. The largest absolute Gasteiger partial charge is 0.483 e. The molecule has 1 atom stereocenters. The third-order valence-electron chi connectivity index (χ3n) is 7.31. The van der Waals surface area contributed by atoms with E-state index in [9.17, 15) is 27.9 Å². The second-order valence-electron chi connectivity index (χ2n) is 11.0. The second-order valence-corrected chi connectivity index (χ2v) is 12.7. The Morgan fingerprint density at radius 3 is 2.17 bits per heavy atom. The molecule has 13 heteroatoms. The van der Waals surface area contributed by atoms with Crippen molar-refractivity contribution in [3.05, 3.63) is 95.1 Å². The van der Waals surface area contributed by atoms with Crippen LogP contribution in [0.25, 0.3) is 0 Å². The number of hydrogen-bond acceptors (Lipinski definition) is 7. The van der Waals surface area contributed by atoms with Gasteiger partial charge in [-0.1, -0.05) is 56.0 Å². The van der Waals surface area contributed by atoms with Crippen LogP contribution in [0.2, 0.25) is 0 Å². The summed E-state index contributed by atoms with van der Waals surface area (Å²) < 4.78 is 34.6. The van der Waals surface area contributed by atoms with Gasteiger partial charge >= 0.3 is 5.97 Å². The molecule has 242 valence electrons. The Balaban J connectivity index is 1.32. The van der Waals surface area contributed by atoms with Crippen molar-refractivity contribution in [3.63, 3.8) is 0 Å². The number of carbonyl (C=O) groups excluding carboxylic acids is 2. The number of piperazine rings is 1. The van der Waals surface area contributed by atoms with Crippen LogP contribution in [0.5, 0.6) is 5.75 Å². The number of carboxylic acid groups (broad SMARTS) is 1. The highest BCUT2D eigenvalue weighted by molar-refractivity contribution is 7.87. The monoisotopic (exact) mass is 647 g/mol. The van der Waals surface area contributed by atoms with Gasteiger partial charge in [0.15, 0.2) is 6.61 Å². The molecule has 2 amide bonds. The minimum Gasteiger partial charge on any atom is -0.483 e. The Morgan fingerprint density at radius 1 is 0.935 bits per heavy atom. The smallest absolute Gasteiger partial charge is 0.322 e. The summed E-state index contributed by atoms with van der Waals surface area (Å²) in [7, 11) is -3.95. The quantitative estimate of drug-likeness (QED) is 0.216. The van der Waals surface area contributed by atoms with Crippen LogP contribution in [-0.4, -0.2) is 74.4 Å². The van der Waals surface area contributed by atoms with Crippen molar-refractivity contribution in [3.8, 4) is 17.6 Å². The van der Waals surface area contributed by atoms with E-state index in [2.05, 4.69) is 21.9 Å². The molecular formula is C33H37N5O7S. The van der Waals surface area contributed by atoms with Crippen LogP contribution in [0.1, 0.15) is 40.9 Å². The molecule has 5 N–H and O–H groups in total. The Labute approximate surface area is 268 Å². The van der Waals surface area contributed by atoms with E-state index in [0.29, 0.717) is 25.2 Å². The molecule has 4 rings (SSSR count). The van der Waals surface area contributed by atoms with Crippen LogP contribution < -0.4 is 25.4 Å². The summed E-state index contributed by atoms with van der Waals surface area (Å²) in [6, 6.07) is 20.5. The van der Waals surface area contributed by atoms with Gasteiger partial charge in [0.1, 0.15) is 11.8 Å². The highest BCUT2D eigenvalue weighted by atomic mass is 32.2. The minimum absolute atomic E-state index is 0.108. The van der Waals surface area contributed by atoms with Crippen LogP contribution >= 0.6 is 0 Å². The fourth-order valence-corrected chi connectivity index (χ4v) is 6.20. The number of anilines is 1. The van der Waals surface area contributed by atoms with Gasteiger partial charge in [-0.05, 0) is 53.9 Å². The third-order valence-corrected chi connectivity index (χ3v) is 8.90. The first-order chi connectivity index (χ1) is 21.9. The molecule has 1 aliphatic rings. The number of carbonyl (C=O) groups is 3. The molecule has 1 heterocycles. The summed E-state index contributed by atoms with van der Waals surface area (Å²) in [4.78, 5) is 37.8. The molecule has 0 radical (unpaired) electrons. The van der Waals surface area contributed by atoms with E-state index < -0.39 is 34.0 Å². The maximum absolute atomic E-state index is 12.8. The molecule has 0 spiro atoms. The molecule has 3 aromatic carbocycles. The van der Waals surface area contributed by atoms with Crippen LogP contribution in [0, 0.1) is 17.8 Å². The van der Waals surface area contributed by atoms with E-state index in [1.807, 2.05) is 59.5 Å². The van der Waals surface area contributed by atoms with Crippen molar-refractivity contribution in [2.24, 2.45) is 11.7 Å². The van der Waals surface area contributed by atoms with Gasteiger partial charge in [0.2, 0.25) is 0 Å². The van der Waals surface area contributed by atoms with E-state index in [-0.39, 0.29) is 36.9 Å². The molecule has 3 aromatic rings. The Morgan fingerprint density at radius 2 is 1.57 bits per heavy atom. The molecule has 0 aliphatic carbocycles. The fraction of sp³-hybridized carbons (Fsp3) is 0.303. The van der Waals surface area contributed by atoms with Crippen molar-refractivity contribution >= 4 is 33.7 Å². The Kier molecular flexibility index (Phi) is 11.4. The van der Waals surface area contributed by atoms with Crippen LogP contribution in [0.4, 0.5) is 5.69 Å². The van der Waals surface area contributed by atoms with Gasteiger partial charge in [-0.15, -0.1) is 0 Å². The second kappa shape index (κ2) is 15.4. The van der Waals surface area contributed by atoms with E-state index in [1.54, 1.807) is 26.0 Å². The maximum atomic E-state index is 12.8. The number of aliphatic carboxylic acids is 1. The van der Waals surface area contributed by atoms with Gasteiger partial charge in [-0.3, -0.25) is 14.4 Å². The zero-order chi connectivity index (χ0) is 33.3. The molecule has 0 bridgehead atoms. The van der Waals surface area contributed by atoms with Crippen LogP contribution in [0.15, 0.2) is 72.8 Å². The van der Waals surface area contributed by atoms with E-state index >= 15 is 0 Å². The number of rotatable bonds is 12. The van der Waals surface area contributed by atoms with Crippen molar-refractivity contribution in [2.75, 3.05) is 37.7 Å². The third kappa shape index (κ3) is 9.31. The van der Waals surface area contributed by atoms with Gasteiger partial charge in [0.05, 0.1) is 5.56 Å². The van der Waals surface area contributed by atoms with Crippen molar-refractivity contribution < 1.29 is 32.6 Å². The van der Waals surface area contributed by atoms with Gasteiger partial charge in [-0.25, -0.2) is 0 Å². The van der Waals surface area contributed by atoms with Crippen molar-refractivity contribution in [1.82, 2.24) is 14.3 Å². The summed E-state index contributed by atoms with van der Waals surface area (Å²) in [6.07, 6.45) is 0. The summed E-state index contributed by atoms with van der Waals surface area (Å²) in [6.45, 7) is 4.66. The molecule has 0 aromatic heterocycles. The molecular weight excluding hydrogens is 610 g/mol. The highest BCUT2D eigenvalue weighted by Gasteiger charge is 2.33. The zero-order valence-electron chi connectivity index (χ0n) is 25.6. The number of carboxylic acids is 1. The summed E-state index contributed by atoms with van der Waals surface area (Å²) in [5, 5.41) is 12.1. The molecule has 46 heavy (non-hydrogen) atoms. The number of ether oxygens (including phenoxy) is 1. The summed E-state index contributed by atoms with van der Waals surface area (Å²) in [5.41, 5.74) is 8.77.